The van der Waals surface area contributed by atoms with Crippen LogP contribution in [0.1, 0.15) is 25.7 Å². The fourth-order valence-corrected chi connectivity index (χ4v) is 3.97. The molecule has 8 heteroatoms. The van der Waals surface area contributed by atoms with Gasteiger partial charge < -0.3 is 10.1 Å². The second-order valence-corrected chi connectivity index (χ2v) is 8.25. The van der Waals surface area contributed by atoms with Crippen molar-refractivity contribution < 1.29 is 9.53 Å². The number of methoxy groups -OCH3 is 1. The molecule has 2 saturated carbocycles. The lowest BCUT2D eigenvalue weighted by Gasteiger charge is -2.17. The molecule has 1 heterocycles. The van der Waals surface area contributed by atoms with Crippen LogP contribution in [0.2, 0.25) is 5.02 Å². The minimum Gasteiger partial charge on any atom is -0.496 e. The van der Waals surface area contributed by atoms with Crippen LogP contribution in [0.25, 0.3) is 11.4 Å². The van der Waals surface area contributed by atoms with Crippen LogP contribution in [0.4, 0.5) is 0 Å². The molecule has 1 amide bonds. The summed E-state index contributed by atoms with van der Waals surface area (Å²) >= 11 is 7.40. The number of carbonyl (C=O) groups excluding carboxylic acids is 1. The molecule has 0 spiro atoms. The van der Waals surface area contributed by atoms with E-state index < -0.39 is 0 Å². The SMILES string of the molecule is COc1ccc(Cl)cc1-c1nc(SCC(=O)NC(C2CC2)C2CC2)n[nH]1. The maximum absolute atomic E-state index is 12.3. The number of carbonyl (C=O) groups is 1. The molecule has 26 heavy (non-hydrogen) atoms. The Morgan fingerprint density at radius 3 is 2.77 bits per heavy atom. The number of nitrogens with one attached hydrogen (secondary N) is 2. The van der Waals surface area contributed by atoms with Crippen LogP contribution < -0.4 is 10.1 Å². The summed E-state index contributed by atoms with van der Waals surface area (Å²) in [5.41, 5.74) is 0.742. The first-order chi connectivity index (χ1) is 12.6. The van der Waals surface area contributed by atoms with Crippen molar-refractivity contribution in [3.8, 4) is 17.1 Å². The third-order valence-corrected chi connectivity index (χ3v) is 5.88. The van der Waals surface area contributed by atoms with Gasteiger partial charge in [0, 0.05) is 11.1 Å². The van der Waals surface area contributed by atoms with Gasteiger partial charge in [-0.05, 0) is 55.7 Å². The first kappa shape index (κ1) is 17.7. The fraction of sp³-hybridized carbons (Fsp3) is 0.500. The van der Waals surface area contributed by atoms with Crippen LogP contribution in [-0.4, -0.2) is 40.0 Å². The molecule has 0 bridgehead atoms. The highest BCUT2D eigenvalue weighted by molar-refractivity contribution is 7.99. The number of thioether (sulfide) groups is 1. The Morgan fingerprint density at radius 2 is 2.12 bits per heavy atom. The van der Waals surface area contributed by atoms with Gasteiger partial charge >= 0.3 is 0 Å². The second kappa shape index (κ2) is 7.48. The molecule has 2 fully saturated rings. The third-order valence-electron chi connectivity index (χ3n) is 4.80. The van der Waals surface area contributed by atoms with Crippen molar-refractivity contribution >= 4 is 29.3 Å². The summed E-state index contributed by atoms with van der Waals surface area (Å²) in [5.74, 6) is 3.01. The zero-order chi connectivity index (χ0) is 18.1. The molecule has 6 nitrogen and oxygen atoms in total. The van der Waals surface area contributed by atoms with Crippen molar-refractivity contribution in [3.63, 3.8) is 0 Å². The minimum absolute atomic E-state index is 0.0606. The summed E-state index contributed by atoms with van der Waals surface area (Å²) in [6.45, 7) is 0. The van der Waals surface area contributed by atoms with Crippen LogP contribution in [0, 0.1) is 11.8 Å². The van der Waals surface area contributed by atoms with Gasteiger partial charge in [-0.1, -0.05) is 23.4 Å². The number of aromatic nitrogens is 3. The molecule has 4 rings (SSSR count). The number of ether oxygens (including phenoxy) is 1. The Balaban J connectivity index is 1.36. The van der Waals surface area contributed by atoms with Crippen molar-refractivity contribution in [1.82, 2.24) is 20.5 Å². The molecule has 138 valence electrons. The minimum atomic E-state index is 0.0606. The maximum atomic E-state index is 12.3. The van der Waals surface area contributed by atoms with Gasteiger partial charge in [0.05, 0.1) is 18.4 Å². The number of benzene rings is 1. The van der Waals surface area contributed by atoms with Gasteiger partial charge in [0.15, 0.2) is 5.82 Å². The lowest BCUT2D eigenvalue weighted by Crippen LogP contribution is -2.39. The maximum Gasteiger partial charge on any atom is 0.230 e. The quantitative estimate of drug-likeness (QED) is 0.672. The van der Waals surface area contributed by atoms with E-state index in [2.05, 4.69) is 20.5 Å². The summed E-state index contributed by atoms with van der Waals surface area (Å²) in [5, 5.41) is 11.4. The number of hydrogen-bond donors (Lipinski definition) is 2. The van der Waals surface area contributed by atoms with E-state index in [4.69, 9.17) is 16.3 Å². The molecule has 0 aliphatic heterocycles. The van der Waals surface area contributed by atoms with E-state index in [9.17, 15) is 4.79 Å². The molecule has 2 aromatic rings. The smallest absolute Gasteiger partial charge is 0.230 e. The van der Waals surface area contributed by atoms with Gasteiger partial charge in [-0.3, -0.25) is 9.89 Å². The van der Waals surface area contributed by atoms with E-state index in [0.29, 0.717) is 45.4 Å². The monoisotopic (exact) mass is 392 g/mol. The molecular weight excluding hydrogens is 372 g/mol. The van der Waals surface area contributed by atoms with Crippen LogP contribution >= 0.6 is 23.4 Å². The van der Waals surface area contributed by atoms with Crippen LogP contribution in [-0.2, 0) is 4.79 Å². The Bertz CT molecular complexity index is 792. The van der Waals surface area contributed by atoms with Gasteiger partial charge in [0.2, 0.25) is 11.1 Å². The van der Waals surface area contributed by atoms with Crippen LogP contribution in [0.15, 0.2) is 23.4 Å². The van der Waals surface area contributed by atoms with E-state index in [1.54, 1.807) is 25.3 Å². The Morgan fingerprint density at radius 1 is 1.38 bits per heavy atom. The predicted octanol–water partition coefficient (Wildman–Crippen LogP) is 3.53. The second-order valence-electron chi connectivity index (χ2n) is 6.87. The topological polar surface area (TPSA) is 79.9 Å². The van der Waals surface area contributed by atoms with E-state index in [-0.39, 0.29) is 5.91 Å². The van der Waals surface area contributed by atoms with Crippen molar-refractivity contribution in [2.24, 2.45) is 11.8 Å². The summed E-state index contributed by atoms with van der Waals surface area (Å²) in [6.07, 6.45) is 5.00. The van der Waals surface area contributed by atoms with Crippen LogP contribution in [0.5, 0.6) is 5.75 Å². The lowest BCUT2D eigenvalue weighted by atomic mass is 10.1. The number of amides is 1. The van der Waals surface area contributed by atoms with E-state index in [1.165, 1.54) is 37.4 Å². The summed E-state index contributed by atoms with van der Waals surface area (Å²) < 4.78 is 5.35. The molecule has 0 unspecified atom stereocenters. The number of nitrogens with zero attached hydrogens (tertiary/aromatic N) is 2. The number of H-pyrrole nitrogens is 1. The molecule has 0 atom stereocenters. The van der Waals surface area contributed by atoms with Gasteiger partial charge in [-0.2, -0.15) is 0 Å². The normalized spacial score (nSPS) is 16.7. The van der Waals surface area contributed by atoms with E-state index in [1.807, 2.05) is 0 Å². The average molecular weight is 393 g/mol. The van der Waals surface area contributed by atoms with Crippen molar-refractivity contribution in [2.45, 2.75) is 36.9 Å². The summed E-state index contributed by atoms with van der Waals surface area (Å²) in [6, 6.07) is 5.70. The highest BCUT2D eigenvalue weighted by Crippen LogP contribution is 2.44. The van der Waals surface area contributed by atoms with Crippen molar-refractivity contribution in [2.75, 3.05) is 12.9 Å². The average Bonchev–Trinajstić information content (AvgIpc) is 3.56. The van der Waals surface area contributed by atoms with E-state index >= 15 is 0 Å². The van der Waals surface area contributed by atoms with Gasteiger partial charge in [0.25, 0.3) is 0 Å². The molecule has 0 radical (unpaired) electrons. The lowest BCUT2D eigenvalue weighted by molar-refractivity contribution is -0.119. The number of halogens is 1. The third kappa shape index (κ3) is 4.15. The molecule has 0 saturated heterocycles. The van der Waals surface area contributed by atoms with Crippen molar-refractivity contribution in [1.29, 1.82) is 0 Å². The van der Waals surface area contributed by atoms with Gasteiger partial charge in [-0.15, -0.1) is 5.10 Å². The standard InChI is InChI=1S/C18H21ClN4O2S/c1-25-14-7-6-12(19)8-13(14)17-21-18(23-22-17)26-9-15(24)20-16(10-2-3-10)11-4-5-11/h6-8,10-11,16H,2-5,9H2,1H3,(H,20,24)(H,21,22,23). The number of hydrogen-bond acceptors (Lipinski definition) is 5. The van der Waals surface area contributed by atoms with Crippen LogP contribution in [0.3, 0.4) is 0 Å². The predicted molar refractivity (Wildman–Crippen MR) is 101 cm³/mol. The fourth-order valence-electron chi connectivity index (χ4n) is 3.19. The molecular formula is C18H21ClN4O2S. The zero-order valence-corrected chi connectivity index (χ0v) is 16.1. The summed E-state index contributed by atoms with van der Waals surface area (Å²) in [7, 11) is 1.60. The summed E-state index contributed by atoms with van der Waals surface area (Å²) in [4.78, 5) is 16.7. The molecule has 2 aliphatic carbocycles. The first-order valence-corrected chi connectivity index (χ1v) is 10.2. The Kier molecular flexibility index (Phi) is 5.09. The van der Waals surface area contributed by atoms with Gasteiger partial charge in [-0.25, -0.2) is 4.98 Å². The number of rotatable bonds is 8. The molecule has 1 aromatic carbocycles. The number of aromatic amines is 1. The van der Waals surface area contributed by atoms with Gasteiger partial charge in [0.1, 0.15) is 5.75 Å². The highest BCUT2D eigenvalue weighted by atomic mass is 35.5. The zero-order valence-electron chi connectivity index (χ0n) is 14.5. The largest absolute Gasteiger partial charge is 0.496 e. The molecule has 2 aliphatic rings. The highest BCUT2D eigenvalue weighted by Gasteiger charge is 2.42. The Labute approximate surface area is 161 Å². The van der Waals surface area contributed by atoms with E-state index in [0.717, 1.165) is 5.56 Å². The Hall–Kier alpha value is -1.73. The molecule has 2 N–H and O–H groups in total. The molecule has 1 aromatic heterocycles. The van der Waals surface area contributed by atoms with Crippen molar-refractivity contribution in [3.05, 3.63) is 23.2 Å². The first-order valence-electron chi connectivity index (χ1n) is 8.82.